The van der Waals surface area contributed by atoms with E-state index in [2.05, 4.69) is 10.9 Å². The van der Waals surface area contributed by atoms with Crippen molar-refractivity contribution >= 4 is 41.2 Å². The van der Waals surface area contributed by atoms with Gasteiger partial charge in [-0.3, -0.25) is 34.9 Å². The maximum absolute atomic E-state index is 13.1. The number of amides is 4. The zero-order valence-corrected chi connectivity index (χ0v) is 19.9. The molecule has 3 atom stereocenters. The van der Waals surface area contributed by atoms with Crippen LogP contribution in [0, 0.1) is 11.8 Å². The molecular weight excluding hydrogens is 486 g/mol. The number of halogens is 1. The van der Waals surface area contributed by atoms with Crippen molar-refractivity contribution in [1.29, 1.82) is 0 Å². The van der Waals surface area contributed by atoms with Crippen molar-refractivity contribution in [3.8, 4) is 0 Å². The van der Waals surface area contributed by atoms with E-state index in [0.717, 1.165) is 10.5 Å². The summed E-state index contributed by atoms with van der Waals surface area (Å²) in [4.78, 5) is 64.5. The molecule has 0 spiro atoms. The molecule has 0 bridgehead atoms. The minimum atomic E-state index is -1.21. The third-order valence-corrected chi connectivity index (χ3v) is 6.42. The molecule has 0 saturated carbocycles. The van der Waals surface area contributed by atoms with Crippen LogP contribution in [0.2, 0.25) is 5.02 Å². The lowest BCUT2D eigenvalue weighted by Gasteiger charge is -2.25. The molecular formula is C26H24ClN3O6. The number of hydrogen-bond donors (Lipinski definition) is 2. The minimum absolute atomic E-state index is 0.0545. The summed E-state index contributed by atoms with van der Waals surface area (Å²) in [7, 11) is 0. The van der Waals surface area contributed by atoms with Crippen LogP contribution < -0.4 is 10.9 Å². The van der Waals surface area contributed by atoms with E-state index < -0.39 is 54.1 Å². The van der Waals surface area contributed by atoms with Gasteiger partial charge in [0.1, 0.15) is 6.04 Å². The van der Waals surface area contributed by atoms with Gasteiger partial charge in [0.05, 0.1) is 11.8 Å². The Morgan fingerprint density at radius 3 is 2.14 bits per heavy atom. The Labute approximate surface area is 212 Å². The van der Waals surface area contributed by atoms with Crippen LogP contribution in [0.15, 0.2) is 66.7 Å². The van der Waals surface area contributed by atoms with Gasteiger partial charge >= 0.3 is 5.97 Å². The van der Waals surface area contributed by atoms with Crippen LogP contribution in [0.1, 0.15) is 28.8 Å². The lowest BCUT2D eigenvalue weighted by molar-refractivity contribution is -0.160. The Balaban J connectivity index is 1.40. The normalized spacial score (nSPS) is 19.4. The topological polar surface area (TPSA) is 122 Å². The first-order valence-electron chi connectivity index (χ1n) is 11.4. The van der Waals surface area contributed by atoms with Gasteiger partial charge in [-0.1, -0.05) is 54.1 Å². The maximum atomic E-state index is 13.1. The Bertz CT molecular complexity index is 1170. The van der Waals surface area contributed by atoms with Crippen molar-refractivity contribution in [1.82, 2.24) is 15.8 Å². The first-order chi connectivity index (χ1) is 17.3. The van der Waals surface area contributed by atoms with Crippen molar-refractivity contribution in [2.24, 2.45) is 11.8 Å². The van der Waals surface area contributed by atoms with Crippen molar-refractivity contribution in [3.63, 3.8) is 0 Å². The molecule has 0 radical (unpaired) electrons. The van der Waals surface area contributed by atoms with E-state index in [9.17, 15) is 24.0 Å². The lowest BCUT2D eigenvalue weighted by atomic mass is 9.85. The summed E-state index contributed by atoms with van der Waals surface area (Å²) in [6.45, 7) is -0.713. The number of allylic oxidation sites excluding steroid dienone is 2. The monoisotopic (exact) mass is 509 g/mol. The van der Waals surface area contributed by atoms with Gasteiger partial charge < -0.3 is 4.74 Å². The molecule has 1 saturated heterocycles. The second-order valence-electron chi connectivity index (χ2n) is 8.52. The van der Waals surface area contributed by atoms with Crippen LogP contribution in [0.3, 0.4) is 0 Å². The van der Waals surface area contributed by atoms with Crippen LogP contribution in [0.25, 0.3) is 0 Å². The number of nitrogens with zero attached hydrogens (tertiary/aromatic N) is 1. The molecule has 1 aliphatic heterocycles. The predicted octanol–water partition coefficient (Wildman–Crippen LogP) is 2.21. The quantitative estimate of drug-likeness (QED) is 0.255. The molecule has 4 amide bonds. The van der Waals surface area contributed by atoms with E-state index in [0.29, 0.717) is 17.9 Å². The van der Waals surface area contributed by atoms with E-state index in [1.165, 1.54) is 24.3 Å². The third-order valence-electron chi connectivity index (χ3n) is 6.16. The van der Waals surface area contributed by atoms with Crippen molar-refractivity contribution in [2.45, 2.75) is 25.3 Å². The molecule has 1 fully saturated rings. The van der Waals surface area contributed by atoms with Crippen molar-refractivity contribution < 1.29 is 28.7 Å². The highest BCUT2D eigenvalue weighted by Gasteiger charge is 2.51. The number of carbonyl (C=O) groups is 5. The van der Waals surface area contributed by atoms with E-state index in [1.54, 1.807) is 24.3 Å². The summed E-state index contributed by atoms with van der Waals surface area (Å²) in [5, 5.41) is 0.457. The summed E-state index contributed by atoms with van der Waals surface area (Å²) in [6.07, 6.45) is 4.66. The van der Waals surface area contributed by atoms with Gasteiger partial charge in [0.15, 0.2) is 6.61 Å². The Morgan fingerprint density at radius 2 is 1.53 bits per heavy atom. The Kier molecular flexibility index (Phi) is 7.80. The van der Waals surface area contributed by atoms with Crippen molar-refractivity contribution in [2.75, 3.05) is 6.61 Å². The number of likely N-dealkylation sites (tertiary alicyclic amines) is 1. The molecule has 36 heavy (non-hydrogen) atoms. The lowest BCUT2D eigenvalue weighted by Crippen LogP contribution is -2.49. The highest BCUT2D eigenvalue weighted by Crippen LogP contribution is 2.36. The molecule has 9 nitrogen and oxygen atoms in total. The zero-order chi connectivity index (χ0) is 25.7. The minimum Gasteiger partial charge on any atom is -0.454 e. The number of hydrazine groups is 1. The molecule has 186 valence electrons. The van der Waals surface area contributed by atoms with Crippen LogP contribution in [-0.2, 0) is 30.3 Å². The summed E-state index contributed by atoms with van der Waals surface area (Å²) >= 11 is 5.79. The SMILES string of the molecule is O=C(COC(=O)[C@H](Cc1ccccc1)N1C(=O)[C@H]2CC=CC[C@@H]2C1=O)NNC(=O)c1ccc(Cl)cc1. The maximum Gasteiger partial charge on any atom is 0.330 e. The number of benzene rings is 2. The van der Waals surface area contributed by atoms with E-state index >= 15 is 0 Å². The largest absolute Gasteiger partial charge is 0.454 e. The van der Waals surface area contributed by atoms with Crippen LogP contribution in [0.5, 0.6) is 0 Å². The molecule has 2 aliphatic rings. The van der Waals surface area contributed by atoms with Gasteiger partial charge in [-0.05, 0) is 42.7 Å². The summed E-state index contributed by atoms with van der Waals surface area (Å²) < 4.78 is 5.17. The molecule has 1 aliphatic carbocycles. The van der Waals surface area contributed by atoms with Gasteiger partial charge in [-0.2, -0.15) is 0 Å². The Hall–Kier alpha value is -3.98. The second kappa shape index (κ2) is 11.2. The fraction of sp³-hybridized carbons (Fsp3) is 0.269. The van der Waals surface area contributed by atoms with Crippen LogP contribution in [0.4, 0.5) is 0 Å². The second-order valence-corrected chi connectivity index (χ2v) is 8.96. The average molecular weight is 510 g/mol. The van der Waals surface area contributed by atoms with Crippen LogP contribution >= 0.6 is 11.6 Å². The highest BCUT2D eigenvalue weighted by atomic mass is 35.5. The fourth-order valence-corrected chi connectivity index (χ4v) is 4.45. The molecule has 2 aromatic rings. The third kappa shape index (κ3) is 5.63. The van der Waals surface area contributed by atoms with Gasteiger partial charge in [0, 0.05) is 17.0 Å². The Morgan fingerprint density at radius 1 is 0.917 bits per heavy atom. The summed E-state index contributed by atoms with van der Waals surface area (Å²) in [5.74, 6) is -4.08. The standard InChI is InChI=1S/C26H24ClN3O6/c27-18-12-10-17(11-13-18)23(32)29-28-22(31)15-36-26(35)21(14-16-6-2-1-3-7-16)30-24(33)19-8-4-5-9-20(19)25(30)34/h1-7,10-13,19-21H,8-9,14-15H2,(H,28,31)(H,29,32)/t19-,20-,21-/m0/s1. The van der Waals surface area contributed by atoms with Gasteiger partial charge in [-0.15, -0.1) is 0 Å². The zero-order valence-electron chi connectivity index (χ0n) is 19.2. The van der Waals surface area contributed by atoms with E-state index in [4.69, 9.17) is 16.3 Å². The molecule has 2 aromatic carbocycles. The van der Waals surface area contributed by atoms with Gasteiger partial charge in [-0.25, -0.2) is 4.79 Å². The number of rotatable bonds is 7. The summed E-state index contributed by atoms with van der Waals surface area (Å²) in [5.41, 5.74) is 5.37. The molecule has 1 heterocycles. The number of imide groups is 1. The van der Waals surface area contributed by atoms with E-state index in [1.807, 2.05) is 18.2 Å². The first-order valence-corrected chi connectivity index (χ1v) is 11.8. The molecule has 0 unspecified atom stereocenters. The number of nitrogens with one attached hydrogen (secondary N) is 2. The predicted molar refractivity (Wildman–Crippen MR) is 129 cm³/mol. The van der Waals surface area contributed by atoms with Crippen molar-refractivity contribution in [3.05, 3.63) is 82.9 Å². The first kappa shape index (κ1) is 25.1. The highest BCUT2D eigenvalue weighted by molar-refractivity contribution is 6.30. The van der Waals surface area contributed by atoms with Gasteiger partial charge in [0.25, 0.3) is 11.8 Å². The van der Waals surface area contributed by atoms with E-state index in [-0.39, 0.29) is 12.0 Å². The number of fused-ring (bicyclic) bond motifs is 1. The summed E-state index contributed by atoms with van der Waals surface area (Å²) in [6, 6.07) is 13.7. The molecule has 10 heteroatoms. The number of hydrogen-bond acceptors (Lipinski definition) is 6. The molecule has 2 N–H and O–H groups in total. The smallest absolute Gasteiger partial charge is 0.330 e. The number of ether oxygens (including phenoxy) is 1. The average Bonchev–Trinajstić information content (AvgIpc) is 3.15. The fourth-order valence-electron chi connectivity index (χ4n) is 4.32. The number of carbonyl (C=O) groups excluding carboxylic acids is 5. The van der Waals surface area contributed by atoms with Crippen LogP contribution in [-0.4, -0.2) is 47.1 Å². The molecule has 0 aromatic heterocycles. The molecule has 4 rings (SSSR count). The number of esters is 1. The van der Waals surface area contributed by atoms with Gasteiger partial charge in [0.2, 0.25) is 11.8 Å².